The molecule has 0 aliphatic carbocycles. The second-order valence-electron chi connectivity index (χ2n) is 2.21. The topological polar surface area (TPSA) is 17.1 Å². The standard InChI is InChI=1S/C8H12O/c1-6(2)8(4)7(3)5-9/h5H,1H2,2-4H3/b8-7+. The molecule has 9 heavy (non-hydrogen) atoms. The lowest BCUT2D eigenvalue weighted by atomic mass is 10.1. The summed E-state index contributed by atoms with van der Waals surface area (Å²) in [6.07, 6.45) is 0.851. The first kappa shape index (κ1) is 8.15. The van der Waals surface area contributed by atoms with E-state index in [0.717, 1.165) is 23.0 Å². The molecule has 0 aliphatic rings. The van der Waals surface area contributed by atoms with Crippen molar-refractivity contribution in [3.63, 3.8) is 0 Å². The van der Waals surface area contributed by atoms with Gasteiger partial charge >= 0.3 is 0 Å². The minimum atomic E-state index is 0.766. The molecule has 1 nitrogen and oxygen atoms in total. The average Bonchev–Trinajstić information content (AvgIpc) is 1.84. The third kappa shape index (κ3) is 2.27. The molecule has 0 unspecified atom stereocenters. The lowest BCUT2D eigenvalue weighted by Crippen LogP contribution is -1.85. The zero-order valence-electron chi connectivity index (χ0n) is 6.19. The van der Waals surface area contributed by atoms with Gasteiger partial charge in [-0.2, -0.15) is 0 Å². The Morgan fingerprint density at radius 1 is 1.33 bits per heavy atom. The molecule has 0 aromatic rings. The summed E-state index contributed by atoms with van der Waals surface area (Å²) in [5, 5.41) is 0. The molecule has 0 aromatic carbocycles. The van der Waals surface area contributed by atoms with Crippen LogP contribution in [0.3, 0.4) is 0 Å². The van der Waals surface area contributed by atoms with Gasteiger partial charge in [-0.1, -0.05) is 12.2 Å². The Bertz CT molecular complexity index is 163. The number of hydrogen-bond acceptors (Lipinski definition) is 1. The van der Waals surface area contributed by atoms with Crippen LogP contribution in [0.25, 0.3) is 0 Å². The van der Waals surface area contributed by atoms with Crippen molar-refractivity contribution in [1.29, 1.82) is 0 Å². The molecule has 0 spiro atoms. The van der Waals surface area contributed by atoms with Crippen LogP contribution in [0, 0.1) is 0 Å². The molecule has 0 heterocycles. The van der Waals surface area contributed by atoms with E-state index in [1.165, 1.54) is 0 Å². The lowest BCUT2D eigenvalue weighted by molar-refractivity contribution is -0.104. The van der Waals surface area contributed by atoms with Crippen LogP contribution in [0.4, 0.5) is 0 Å². The normalized spacial score (nSPS) is 12.3. The van der Waals surface area contributed by atoms with E-state index in [0.29, 0.717) is 0 Å². The lowest BCUT2D eigenvalue weighted by Gasteiger charge is -1.98. The van der Waals surface area contributed by atoms with Gasteiger partial charge in [-0.15, -0.1) is 0 Å². The molecule has 0 amide bonds. The first-order valence-corrected chi connectivity index (χ1v) is 2.88. The molecule has 0 bridgehead atoms. The molecule has 0 N–H and O–H groups in total. The van der Waals surface area contributed by atoms with E-state index >= 15 is 0 Å². The molecular weight excluding hydrogens is 112 g/mol. The SMILES string of the molecule is C=C(C)/C(C)=C(\C)C=O. The predicted molar refractivity (Wildman–Crippen MR) is 39.3 cm³/mol. The van der Waals surface area contributed by atoms with Gasteiger partial charge in [0.2, 0.25) is 0 Å². The highest BCUT2D eigenvalue weighted by Crippen LogP contribution is 2.08. The second kappa shape index (κ2) is 3.23. The van der Waals surface area contributed by atoms with E-state index in [1.54, 1.807) is 6.92 Å². The van der Waals surface area contributed by atoms with Crippen LogP contribution in [0.15, 0.2) is 23.3 Å². The van der Waals surface area contributed by atoms with E-state index < -0.39 is 0 Å². The van der Waals surface area contributed by atoms with Crippen LogP contribution in [-0.4, -0.2) is 6.29 Å². The van der Waals surface area contributed by atoms with Crippen molar-refractivity contribution >= 4 is 6.29 Å². The van der Waals surface area contributed by atoms with Gasteiger partial charge in [0.25, 0.3) is 0 Å². The van der Waals surface area contributed by atoms with Crippen molar-refractivity contribution in [2.24, 2.45) is 0 Å². The summed E-state index contributed by atoms with van der Waals surface area (Å²) in [5.74, 6) is 0. The van der Waals surface area contributed by atoms with Crippen molar-refractivity contribution in [2.75, 3.05) is 0 Å². The van der Waals surface area contributed by atoms with E-state index in [1.807, 2.05) is 13.8 Å². The van der Waals surface area contributed by atoms with Gasteiger partial charge in [0.05, 0.1) is 0 Å². The summed E-state index contributed by atoms with van der Waals surface area (Å²) in [4.78, 5) is 10.2. The first-order chi connectivity index (χ1) is 4.09. The molecule has 0 aliphatic heterocycles. The molecule has 50 valence electrons. The molecule has 0 aromatic heterocycles. The number of hydrogen-bond donors (Lipinski definition) is 0. The quantitative estimate of drug-likeness (QED) is 0.313. The van der Waals surface area contributed by atoms with Gasteiger partial charge in [-0.25, -0.2) is 0 Å². The first-order valence-electron chi connectivity index (χ1n) is 2.88. The molecular formula is C8H12O. The molecule has 0 saturated heterocycles. The van der Waals surface area contributed by atoms with E-state index in [-0.39, 0.29) is 0 Å². The Labute approximate surface area is 56.1 Å². The summed E-state index contributed by atoms with van der Waals surface area (Å²) in [6, 6.07) is 0. The van der Waals surface area contributed by atoms with Gasteiger partial charge in [0.15, 0.2) is 0 Å². The summed E-state index contributed by atoms with van der Waals surface area (Å²) >= 11 is 0. The third-order valence-electron chi connectivity index (χ3n) is 1.41. The smallest absolute Gasteiger partial charge is 0.146 e. The van der Waals surface area contributed by atoms with Gasteiger partial charge in [0.1, 0.15) is 6.29 Å². The number of aldehydes is 1. The fraction of sp³-hybridized carbons (Fsp3) is 0.375. The van der Waals surface area contributed by atoms with Crippen molar-refractivity contribution in [3.05, 3.63) is 23.3 Å². The van der Waals surface area contributed by atoms with Gasteiger partial charge in [0, 0.05) is 0 Å². The van der Waals surface area contributed by atoms with Gasteiger partial charge in [-0.3, -0.25) is 4.79 Å². The highest BCUT2D eigenvalue weighted by Gasteiger charge is 1.93. The maximum Gasteiger partial charge on any atom is 0.146 e. The Hall–Kier alpha value is -0.850. The van der Waals surface area contributed by atoms with Crippen LogP contribution < -0.4 is 0 Å². The van der Waals surface area contributed by atoms with E-state index in [9.17, 15) is 4.79 Å². The maximum atomic E-state index is 10.2. The minimum absolute atomic E-state index is 0.766. The second-order valence-corrected chi connectivity index (χ2v) is 2.21. The van der Waals surface area contributed by atoms with E-state index in [4.69, 9.17) is 0 Å². The Balaban J connectivity index is 4.47. The minimum Gasteiger partial charge on any atom is -0.298 e. The zero-order chi connectivity index (χ0) is 7.44. The highest BCUT2D eigenvalue weighted by atomic mass is 16.1. The monoisotopic (exact) mass is 124 g/mol. The van der Waals surface area contributed by atoms with Crippen LogP contribution in [0.2, 0.25) is 0 Å². The van der Waals surface area contributed by atoms with Crippen LogP contribution in [0.1, 0.15) is 20.8 Å². The molecule has 0 radical (unpaired) electrons. The fourth-order valence-corrected chi connectivity index (χ4v) is 0.425. The number of carbonyl (C=O) groups excluding carboxylic acids is 1. The van der Waals surface area contributed by atoms with Crippen molar-refractivity contribution in [3.8, 4) is 0 Å². The van der Waals surface area contributed by atoms with Crippen molar-refractivity contribution in [2.45, 2.75) is 20.8 Å². The molecule has 0 saturated carbocycles. The van der Waals surface area contributed by atoms with Crippen LogP contribution in [0.5, 0.6) is 0 Å². The number of allylic oxidation sites excluding steroid dienone is 3. The molecule has 0 fully saturated rings. The molecule has 1 heteroatoms. The zero-order valence-corrected chi connectivity index (χ0v) is 6.19. The van der Waals surface area contributed by atoms with Crippen molar-refractivity contribution < 1.29 is 4.79 Å². The largest absolute Gasteiger partial charge is 0.298 e. The molecule has 0 atom stereocenters. The fourth-order valence-electron chi connectivity index (χ4n) is 0.425. The van der Waals surface area contributed by atoms with Crippen LogP contribution in [-0.2, 0) is 4.79 Å². The summed E-state index contributed by atoms with van der Waals surface area (Å²) in [5.41, 5.74) is 2.71. The molecule has 0 rings (SSSR count). The summed E-state index contributed by atoms with van der Waals surface area (Å²) in [7, 11) is 0. The highest BCUT2D eigenvalue weighted by molar-refractivity contribution is 5.74. The van der Waals surface area contributed by atoms with Crippen LogP contribution >= 0.6 is 0 Å². The summed E-state index contributed by atoms with van der Waals surface area (Å²) in [6.45, 7) is 9.28. The van der Waals surface area contributed by atoms with E-state index in [2.05, 4.69) is 6.58 Å². The number of rotatable bonds is 2. The summed E-state index contributed by atoms with van der Waals surface area (Å²) < 4.78 is 0. The Kier molecular flexibility index (Phi) is 2.93. The average molecular weight is 124 g/mol. The Morgan fingerprint density at radius 2 is 1.78 bits per heavy atom. The van der Waals surface area contributed by atoms with Crippen molar-refractivity contribution in [1.82, 2.24) is 0 Å². The van der Waals surface area contributed by atoms with Gasteiger partial charge in [-0.05, 0) is 31.9 Å². The third-order valence-corrected chi connectivity index (χ3v) is 1.41. The maximum absolute atomic E-state index is 10.2. The predicted octanol–water partition coefficient (Wildman–Crippen LogP) is 2.10. The number of carbonyl (C=O) groups is 1. The Morgan fingerprint density at radius 3 is 1.89 bits per heavy atom. The van der Waals surface area contributed by atoms with Gasteiger partial charge < -0.3 is 0 Å².